The fraction of sp³-hybridized carbons (Fsp3) is 0.300. The van der Waals surface area contributed by atoms with Crippen LogP contribution in [-0.4, -0.2) is 54.5 Å². The summed E-state index contributed by atoms with van der Waals surface area (Å²) in [6, 6.07) is 24.0. The fourth-order valence-corrected chi connectivity index (χ4v) is 6.20. The Morgan fingerprint density at radius 2 is 1.51 bits per heavy atom. The van der Waals surface area contributed by atoms with Gasteiger partial charge in [-0.05, 0) is 29.7 Å². The summed E-state index contributed by atoms with van der Waals surface area (Å²) in [4.78, 5) is 41.6. The van der Waals surface area contributed by atoms with E-state index in [0.29, 0.717) is 13.0 Å². The molecule has 9 heteroatoms. The normalized spacial score (nSPS) is 14.5. The van der Waals surface area contributed by atoms with E-state index in [9.17, 15) is 22.8 Å². The summed E-state index contributed by atoms with van der Waals surface area (Å²) >= 11 is 0. The van der Waals surface area contributed by atoms with Gasteiger partial charge >= 0.3 is 0 Å². The molecule has 39 heavy (non-hydrogen) atoms. The molecule has 0 bridgehead atoms. The topological polar surface area (TPSA) is 104 Å². The zero-order valence-electron chi connectivity index (χ0n) is 22.0. The lowest BCUT2D eigenvalue weighted by molar-refractivity contribution is -0.141. The van der Waals surface area contributed by atoms with E-state index in [4.69, 9.17) is 0 Å². The number of carbonyl (C=O) groups excluding carboxylic acids is 3. The average molecular weight is 548 g/mol. The van der Waals surface area contributed by atoms with E-state index in [1.54, 1.807) is 12.1 Å². The van der Waals surface area contributed by atoms with Gasteiger partial charge in [-0.3, -0.25) is 14.4 Å². The van der Waals surface area contributed by atoms with Gasteiger partial charge in [0, 0.05) is 32.5 Å². The van der Waals surface area contributed by atoms with E-state index in [0.717, 1.165) is 28.3 Å². The number of carbonyl (C=O) groups is 3. The van der Waals surface area contributed by atoms with E-state index in [1.807, 2.05) is 67.6 Å². The van der Waals surface area contributed by atoms with Crippen molar-refractivity contribution in [1.82, 2.24) is 14.5 Å². The predicted octanol–water partition coefficient (Wildman–Crippen LogP) is 3.78. The van der Waals surface area contributed by atoms with E-state index in [2.05, 4.69) is 5.32 Å². The second kappa shape index (κ2) is 12.7. The maximum absolute atomic E-state index is 13.8. The van der Waals surface area contributed by atoms with Gasteiger partial charge in [0.2, 0.25) is 11.8 Å². The van der Waals surface area contributed by atoms with Crippen molar-refractivity contribution < 1.29 is 22.8 Å². The third-order valence-electron chi connectivity index (χ3n) is 6.74. The van der Waals surface area contributed by atoms with Crippen molar-refractivity contribution in [2.24, 2.45) is 0 Å². The third-order valence-corrected chi connectivity index (χ3v) is 8.58. The summed E-state index contributed by atoms with van der Waals surface area (Å²) in [7, 11) is -4.04. The highest BCUT2D eigenvalue weighted by Gasteiger charge is 2.41. The van der Waals surface area contributed by atoms with E-state index in [-0.39, 0.29) is 35.9 Å². The molecule has 0 saturated carbocycles. The molecule has 0 fully saturated rings. The van der Waals surface area contributed by atoms with E-state index < -0.39 is 27.9 Å². The lowest BCUT2D eigenvalue weighted by Crippen LogP contribution is -2.51. The Morgan fingerprint density at radius 3 is 2.15 bits per heavy atom. The van der Waals surface area contributed by atoms with Crippen LogP contribution in [0.2, 0.25) is 0 Å². The Bertz CT molecular complexity index is 1410. The molecule has 3 aromatic rings. The minimum absolute atomic E-state index is 0.0548. The predicted molar refractivity (Wildman–Crippen MR) is 148 cm³/mol. The van der Waals surface area contributed by atoms with Crippen LogP contribution in [-0.2, 0) is 32.6 Å². The molecule has 4 rings (SSSR count). The number of benzene rings is 3. The van der Waals surface area contributed by atoms with Crippen LogP contribution in [0.5, 0.6) is 0 Å². The van der Waals surface area contributed by atoms with E-state index >= 15 is 0 Å². The molecule has 8 nitrogen and oxygen atoms in total. The van der Waals surface area contributed by atoms with Crippen LogP contribution in [0, 0.1) is 0 Å². The van der Waals surface area contributed by atoms with Gasteiger partial charge in [-0.2, -0.15) is 0 Å². The minimum atomic E-state index is -4.04. The Labute approximate surface area is 229 Å². The van der Waals surface area contributed by atoms with Gasteiger partial charge in [0.1, 0.15) is 10.9 Å². The van der Waals surface area contributed by atoms with Crippen molar-refractivity contribution in [1.29, 1.82) is 0 Å². The number of rotatable bonds is 12. The first-order chi connectivity index (χ1) is 18.8. The molecule has 1 atom stereocenters. The van der Waals surface area contributed by atoms with Crippen molar-refractivity contribution in [3.05, 3.63) is 102 Å². The van der Waals surface area contributed by atoms with Crippen molar-refractivity contribution in [3.63, 3.8) is 0 Å². The Kier molecular flexibility index (Phi) is 9.14. The second-order valence-electron chi connectivity index (χ2n) is 9.49. The molecule has 3 amide bonds. The SMILES string of the molecule is CCCCNC(=O)C(Cc1ccccc1)N(Cc1ccccc1)C(=O)CCN1C(=O)c2ccccc2S1(=O)=O. The zero-order chi connectivity index (χ0) is 27.8. The van der Waals surface area contributed by atoms with Gasteiger partial charge < -0.3 is 10.2 Å². The van der Waals surface area contributed by atoms with Gasteiger partial charge in [0.05, 0.1) is 5.56 Å². The first-order valence-electron chi connectivity index (χ1n) is 13.1. The fourth-order valence-electron chi connectivity index (χ4n) is 4.63. The molecule has 0 saturated heterocycles. The molecule has 1 unspecified atom stereocenters. The van der Waals surface area contributed by atoms with Crippen LogP contribution in [0.3, 0.4) is 0 Å². The Hall–Kier alpha value is -3.98. The molecule has 0 aromatic heterocycles. The molecule has 0 spiro atoms. The van der Waals surface area contributed by atoms with Gasteiger partial charge in [-0.1, -0.05) is 86.1 Å². The maximum Gasteiger partial charge on any atom is 0.269 e. The number of unbranched alkanes of at least 4 members (excludes halogenated alkanes) is 1. The number of hydrogen-bond donors (Lipinski definition) is 1. The van der Waals surface area contributed by atoms with Gasteiger partial charge in [0.25, 0.3) is 15.9 Å². The van der Waals surface area contributed by atoms with Crippen LogP contribution in [0.25, 0.3) is 0 Å². The lowest BCUT2D eigenvalue weighted by Gasteiger charge is -2.32. The minimum Gasteiger partial charge on any atom is -0.354 e. The lowest BCUT2D eigenvalue weighted by atomic mass is 10.0. The van der Waals surface area contributed by atoms with Crippen molar-refractivity contribution in [2.75, 3.05) is 13.1 Å². The number of fused-ring (bicyclic) bond motifs is 1. The number of hydrogen-bond acceptors (Lipinski definition) is 5. The summed E-state index contributed by atoms with van der Waals surface area (Å²) in [6.45, 7) is 2.38. The van der Waals surface area contributed by atoms with E-state index in [1.165, 1.54) is 17.0 Å². The first kappa shape index (κ1) is 28.0. The van der Waals surface area contributed by atoms with Crippen molar-refractivity contribution in [3.8, 4) is 0 Å². The van der Waals surface area contributed by atoms with Crippen molar-refractivity contribution >= 4 is 27.7 Å². The molecule has 3 aromatic carbocycles. The van der Waals surface area contributed by atoms with Crippen LogP contribution in [0.4, 0.5) is 0 Å². The number of sulfonamides is 1. The van der Waals surface area contributed by atoms with Crippen LogP contribution < -0.4 is 5.32 Å². The Balaban J connectivity index is 1.60. The third kappa shape index (κ3) is 6.54. The second-order valence-corrected chi connectivity index (χ2v) is 11.3. The van der Waals surface area contributed by atoms with Gasteiger partial charge in [0.15, 0.2) is 0 Å². The largest absolute Gasteiger partial charge is 0.354 e. The molecule has 1 aliphatic rings. The van der Waals surface area contributed by atoms with Crippen LogP contribution in [0.1, 0.15) is 47.7 Å². The van der Waals surface area contributed by atoms with Crippen molar-refractivity contribution in [2.45, 2.75) is 50.1 Å². The number of amides is 3. The molecule has 1 N–H and O–H groups in total. The molecule has 0 radical (unpaired) electrons. The Morgan fingerprint density at radius 1 is 0.897 bits per heavy atom. The maximum atomic E-state index is 13.8. The van der Waals surface area contributed by atoms with Crippen LogP contribution in [0.15, 0.2) is 89.8 Å². The smallest absolute Gasteiger partial charge is 0.269 e. The molecule has 1 aliphatic heterocycles. The monoisotopic (exact) mass is 547 g/mol. The van der Waals surface area contributed by atoms with Gasteiger partial charge in [-0.15, -0.1) is 0 Å². The number of nitrogens with zero attached hydrogens (tertiary/aromatic N) is 2. The molecular formula is C30H33N3O5S. The molecule has 0 aliphatic carbocycles. The highest BCUT2D eigenvalue weighted by Crippen LogP contribution is 2.30. The molecule has 204 valence electrons. The summed E-state index contributed by atoms with van der Waals surface area (Å²) < 4.78 is 26.8. The summed E-state index contributed by atoms with van der Waals surface area (Å²) in [6.07, 6.45) is 1.77. The number of nitrogens with one attached hydrogen (secondary N) is 1. The average Bonchev–Trinajstić information content (AvgIpc) is 3.15. The summed E-state index contributed by atoms with van der Waals surface area (Å²) in [5.74, 6) is -1.33. The molecular weight excluding hydrogens is 514 g/mol. The van der Waals surface area contributed by atoms with Crippen LogP contribution >= 0.6 is 0 Å². The first-order valence-corrected chi connectivity index (χ1v) is 14.6. The highest BCUT2D eigenvalue weighted by molar-refractivity contribution is 7.90. The standard InChI is InChI=1S/C30H33N3O5S/c1-2-3-19-31-29(35)26(21-23-12-6-4-7-13-23)32(22-24-14-8-5-9-15-24)28(34)18-20-33-30(36)25-16-10-11-17-27(25)39(33,37)38/h4-17,26H,2-3,18-22H2,1H3,(H,31,35). The molecule has 1 heterocycles. The quantitative estimate of drug-likeness (QED) is 0.348. The summed E-state index contributed by atoms with van der Waals surface area (Å²) in [5, 5.41) is 2.96. The summed E-state index contributed by atoms with van der Waals surface area (Å²) in [5.41, 5.74) is 1.83. The highest BCUT2D eigenvalue weighted by atomic mass is 32.2. The van der Waals surface area contributed by atoms with Gasteiger partial charge in [-0.25, -0.2) is 12.7 Å². The zero-order valence-corrected chi connectivity index (χ0v) is 22.8.